The molecule has 5 nitrogen and oxygen atoms in total. The number of urea groups is 1. The fourth-order valence-corrected chi connectivity index (χ4v) is 1.70. The van der Waals surface area contributed by atoms with Crippen LogP contribution in [0, 0.1) is 24.0 Å². The molecule has 0 saturated heterocycles. The molecule has 0 aliphatic carbocycles. The Bertz CT molecular complexity index is 568. The quantitative estimate of drug-likeness (QED) is 0.803. The average molecular weight is 300 g/mol. The van der Waals surface area contributed by atoms with Crippen LogP contribution >= 0.6 is 0 Å². The number of hydrogen-bond donors (Lipinski definition) is 3. The van der Waals surface area contributed by atoms with Crippen molar-refractivity contribution in [1.82, 2.24) is 5.32 Å². The van der Waals surface area contributed by atoms with Crippen molar-refractivity contribution in [3.05, 3.63) is 29.3 Å². The summed E-state index contributed by atoms with van der Waals surface area (Å²) in [4.78, 5) is 22.9. The smallest absolute Gasteiger partial charge is 0.326 e. The fourth-order valence-electron chi connectivity index (χ4n) is 1.70. The molecule has 0 unspecified atom stereocenters. The largest absolute Gasteiger partial charge is 0.480 e. The molecule has 1 aromatic rings. The lowest BCUT2D eigenvalue weighted by atomic mass is 9.87. The number of halogens is 2. The standard InChI is InChI=1S/C14H18F2N2O3/c1-7-5-6-8(15)10(9(7)16)17-13(21)18-11(12(19)20)14(2,3)4/h5-6,11H,1-4H3,(H,19,20)(H2,17,18,21)/t11-/m0/s1. The fraction of sp³-hybridized carbons (Fsp3) is 0.429. The predicted molar refractivity (Wildman–Crippen MR) is 74.1 cm³/mol. The number of aliphatic carboxylic acids is 1. The Balaban J connectivity index is 2.92. The van der Waals surface area contributed by atoms with Crippen LogP contribution in [0.1, 0.15) is 26.3 Å². The lowest BCUT2D eigenvalue weighted by Gasteiger charge is -2.27. The molecule has 0 fully saturated rings. The van der Waals surface area contributed by atoms with Crippen LogP contribution in [0.2, 0.25) is 0 Å². The van der Waals surface area contributed by atoms with Gasteiger partial charge in [-0.1, -0.05) is 26.8 Å². The van der Waals surface area contributed by atoms with Crippen molar-refractivity contribution < 1.29 is 23.5 Å². The van der Waals surface area contributed by atoms with E-state index in [-0.39, 0.29) is 5.56 Å². The normalized spacial score (nSPS) is 12.7. The number of aryl methyl sites for hydroxylation is 1. The third-order valence-electron chi connectivity index (χ3n) is 2.91. The lowest BCUT2D eigenvalue weighted by Crippen LogP contribution is -2.50. The molecule has 0 heterocycles. The van der Waals surface area contributed by atoms with E-state index < -0.39 is 40.8 Å². The summed E-state index contributed by atoms with van der Waals surface area (Å²) in [6, 6.07) is 0.0734. The van der Waals surface area contributed by atoms with Crippen LogP contribution in [-0.2, 0) is 4.79 Å². The number of carbonyl (C=O) groups is 2. The molecule has 1 atom stereocenters. The monoisotopic (exact) mass is 300 g/mol. The number of benzene rings is 1. The van der Waals surface area contributed by atoms with E-state index >= 15 is 0 Å². The molecule has 0 aliphatic heterocycles. The topological polar surface area (TPSA) is 78.4 Å². The van der Waals surface area contributed by atoms with Gasteiger partial charge in [0.05, 0.1) is 0 Å². The first-order valence-corrected chi connectivity index (χ1v) is 6.29. The Hall–Kier alpha value is -2.18. The number of carboxylic acid groups (broad SMARTS) is 1. The Labute approximate surface area is 121 Å². The molecule has 0 aliphatic rings. The highest BCUT2D eigenvalue weighted by atomic mass is 19.1. The molecular weight excluding hydrogens is 282 g/mol. The molecule has 0 bridgehead atoms. The molecular formula is C14H18F2N2O3. The van der Waals surface area contributed by atoms with Crippen LogP contribution in [0.15, 0.2) is 12.1 Å². The van der Waals surface area contributed by atoms with Crippen LogP contribution in [-0.4, -0.2) is 23.1 Å². The number of anilines is 1. The van der Waals surface area contributed by atoms with Gasteiger partial charge in [0, 0.05) is 0 Å². The summed E-state index contributed by atoms with van der Waals surface area (Å²) in [6.45, 7) is 6.30. The maximum atomic E-state index is 13.8. The molecule has 7 heteroatoms. The van der Waals surface area contributed by atoms with E-state index in [0.29, 0.717) is 0 Å². The molecule has 1 rings (SSSR count). The van der Waals surface area contributed by atoms with Crippen LogP contribution in [0.3, 0.4) is 0 Å². The minimum Gasteiger partial charge on any atom is -0.480 e. The van der Waals surface area contributed by atoms with Crippen LogP contribution in [0.5, 0.6) is 0 Å². The number of carboxylic acids is 1. The zero-order valence-corrected chi connectivity index (χ0v) is 12.3. The number of nitrogens with one attached hydrogen (secondary N) is 2. The Kier molecular flexibility index (Phi) is 4.88. The van der Waals surface area contributed by atoms with Crippen LogP contribution in [0.25, 0.3) is 0 Å². The number of amides is 2. The first-order chi connectivity index (χ1) is 9.54. The summed E-state index contributed by atoms with van der Waals surface area (Å²) in [5.41, 5.74) is -1.20. The van der Waals surface area contributed by atoms with Gasteiger partial charge in [0.15, 0.2) is 5.82 Å². The minimum absolute atomic E-state index is 0.164. The summed E-state index contributed by atoms with van der Waals surface area (Å²) in [7, 11) is 0. The minimum atomic E-state index is -1.23. The van der Waals surface area contributed by atoms with Crippen molar-refractivity contribution in [2.75, 3.05) is 5.32 Å². The summed E-state index contributed by atoms with van der Waals surface area (Å²) >= 11 is 0. The van der Waals surface area contributed by atoms with Crippen LogP contribution < -0.4 is 10.6 Å². The van der Waals surface area contributed by atoms with Crippen LogP contribution in [0.4, 0.5) is 19.3 Å². The van der Waals surface area contributed by atoms with Crippen molar-refractivity contribution >= 4 is 17.7 Å². The highest BCUT2D eigenvalue weighted by molar-refractivity contribution is 5.92. The van der Waals surface area contributed by atoms with E-state index in [0.717, 1.165) is 6.07 Å². The molecule has 1 aromatic carbocycles. The van der Waals surface area contributed by atoms with Gasteiger partial charge < -0.3 is 15.7 Å². The van der Waals surface area contributed by atoms with Gasteiger partial charge in [-0.2, -0.15) is 0 Å². The second-order valence-corrected chi connectivity index (χ2v) is 5.79. The van der Waals surface area contributed by atoms with E-state index in [9.17, 15) is 18.4 Å². The Morgan fingerprint density at radius 1 is 1.24 bits per heavy atom. The molecule has 2 amide bonds. The predicted octanol–water partition coefficient (Wildman–Crippen LogP) is 2.89. The van der Waals surface area contributed by atoms with E-state index in [2.05, 4.69) is 5.32 Å². The van der Waals surface area contributed by atoms with Gasteiger partial charge >= 0.3 is 12.0 Å². The third kappa shape index (κ3) is 4.14. The summed E-state index contributed by atoms with van der Waals surface area (Å²) in [5, 5.41) is 13.3. The maximum absolute atomic E-state index is 13.8. The second kappa shape index (κ2) is 6.07. The molecule has 21 heavy (non-hydrogen) atoms. The van der Waals surface area contributed by atoms with Gasteiger partial charge in [0.1, 0.15) is 17.5 Å². The average Bonchev–Trinajstić information content (AvgIpc) is 2.34. The van der Waals surface area contributed by atoms with Crippen molar-refractivity contribution in [3.63, 3.8) is 0 Å². The molecule has 0 radical (unpaired) electrons. The van der Waals surface area contributed by atoms with Gasteiger partial charge in [-0.15, -0.1) is 0 Å². The Morgan fingerprint density at radius 2 is 1.81 bits per heavy atom. The van der Waals surface area contributed by atoms with Gasteiger partial charge in [0.2, 0.25) is 0 Å². The first-order valence-electron chi connectivity index (χ1n) is 6.29. The first kappa shape index (κ1) is 16.9. The van der Waals surface area contributed by atoms with E-state index in [1.807, 2.05) is 5.32 Å². The summed E-state index contributed by atoms with van der Waals surface area (Å²) < 4.78 is 27.3. The maximum Gasteiger partial charge on any atom is 0.326 e. The van der Waals surface area contributed by atoms with Crippen molar-refractivity contribution in [2.45, 2.75) is 33.7 Å². The van der Waals surface area contributed by atoms with Crippen molar-refractivity contribution in [3.8, 4) is 0 Å². The number of rotatable bonds is 3. The van der Waals surface area contributed by atoms with E-state index in [1.54, 1.807) is 20.8 Å². The molecule has 0 aromatic heterocycles. The van der Waals surface area contributed by atoms with Gasteiger partial charge in [0.25, 0.3) is 0 Å². The van der Waals surface area contributed by atoms with Crippen molar-refractivity contribution in [1.29, 1.82) is 0 Å². The SMILES string of the molecule is Cc1ccc(F)c(NC(=O)N[C@@H](C(=O)O)C(C)(C)C)c1F. The van der Waals surface area contributed by atoms with Gasteiger partial charge in [-0.3, -0.25) is 0 Å². The zero-order chi connectivity index (χ0) is 16.4. The van der Waals surface area contributed by atoms with Gasteiger partial charge in [-0.05, 0) is 24.0 Å². The van der Waals surface area contributed by atoms with E-state index in [1.165, 1.54) is 13.0 Å². The highest BCUT2D eigenvalue weighted by Crippen LogP contribution is 2.23. The third-order valence-corrected chi connectivity index (χ3v) is 2.91. The summed E-state index contributed by atoms with van der Waals surface area (Å²) in [6.07, 6.45) is 0. The molecule has 0 spiro atoms. The molecule has 3 N–H and O–H groups in total. The summed E-state index contributed by atoms with van der Waals surface area (Å²) in [5.74, 6) is -3.06. The number of hydrogen-bond acceptors (Lipinski definition) is 2. The molecule has 0 saturated carbocycles. The highest BCUT2D eigenvalue weighted by Gasteiger charge is 2.32. The van der Waals surface area contributed by atoms with E-state index in [4.69, 9.17) is 5.11 Å². The number of carbonyl (C=O) groups excluding carboxylic acids is 1. The van der Waals surface area contributed by atoms with Gasteiger partial charge in [-0.25, -0.2) is 18.4 Å². The second-order valence-electron chi connectivity index (χ2n) is 5.79. The Morgan fingerprint density at radius 3 is 2.29 bits per heavy atom. The lowest BCUT2D eigenvalue weighted by molar-refractivity contribution is -0.141. The van der Waals surface area contributed by atoms with Crippen molar-refractivity contribution in [2.24, 2.45) is 5.41 Å². The zero-order valence-electron chi connectivity index (χ0n) is 12.3. The molecule has 116 valence electrons.